The minimum Gasteiger partial charge on any atom is -0.468 e. The molecule has 100 valence electrons. The predicted molar refractivity (Wildman–Crippen MR) is 69.5 cm³/mol. The monoisotopic (exact) mass is 262 g/mol. The first kappa shape index (κ1) is 14.7. The fourth-order valence-corrected chi connectivity index (χ4v) is 2.41. The Morgan fingerprint density at radius 3 is 2.47 bits per heavy atom. The van der Waals surface area contributed by atoms with Crippen LogP contribution in [0.2, 0.25) is 0 Å². The van der Waals surface area contributed by atoms with E-state index in [0.29, 0.717) is 12.6 Å². The van der Waals surface area contributed by atoms with E-state index in [0.717, 1.165) is 25.6 Å². The minimum atomic E-state index is -0.0964. The van der Waals surface area contributed by atoms with Crippen LogP contribution in [0.5, 0.6) is 0 Å². The molecule has 0 aromatic carbocycles. The highest BCUT2D eigenvalue weighted by Gasteiger charge is 2.32. The van der Waals surface area contributed by atoms with E-state index in [1.807, 2.05) is 0 Å². The summed E-state index contributed by atoms with van der Waals surface area (Å²) in [6.45, 7) is 3.80. The first-order chi connectivity index (χ1) is 7.79. The molecular formula is C12H23ClN2O2. The van der Waals surface area contributed by atoms with Gasteiger partial charge in [0, 0.05) is 12.6 Å². The van der Waals surface area contributed by atoms with Crippen LogP contribution in [-0.2, 0) is 9.53 Å². The van der Waals surface area contributed by atoms with Crippen LogP contribution in [0.1, 0.15) is 25.7 Å². The molecule has 1 saturated carbocycles. The lowest BCUT2D eigenvalue weighted by atomic mass is 9.97. The first-order valence-corrected chi connectivity index (χ1v) is 6.31. The molecule has 1 heterocycles. The van der Waals surface area contributed by atoms with E-state index < -0.39 is 0 Å². The van der Waals surface area contributed by atoms with Gasteiger partial charge in [-0.25, -0.2) is 0 Å². The van der Waals surface area contributed by atoms with E-state index in [2.05, 4.69) is 10.2 Å². The van der Waals surface area contributed by atoms with E-state index in [9.17, 15) is 4.79 Å². The highest BCUT2D eigenvalue weighted by atomic mass is 35.5. The predicted octanol–water partition coefficient (Wildman–Crippen LogP) is 1.05. The highest BCUT2D eigenvalue weighted by molar-refractivity contribution is 5.85. The summed E-state index contributed by atoms with van der Waals surface area (Å²) in [5.74, 6) is 0.660. The van der Waals surface area contributed by atoms with Crippen molar-refractivity contribution in [2.75, 3.05) is 33.3 Å². The molecule has 0 unspecified atom stereocenters. The summed E-state index contributed by atoms with van der Waals surface area (Å²) >= 11 is 0. The third-order valence-electron chi connectivity index (χ3n) is 3.57. The molecule has 0 bridgehead atoms. The topological polar surface area (TPSA) is 41.6 Å². The smallest absolute Gasteiger partial charge is 0.319 e. The van der Waals surface area contributed by atoms with Crippen molar-refractivity contribution in [2.45, 2.75) is 31.7 Å². The van der Waals surface area contributed by atoms with Gasteiger partial charge >= 0.3 is 5.97 Å². The van der Waals surface area contributed by atoms with E-state index in [4.69, 9.17) is 4.74 Å². The summed E-state index contributed by atoms with van der Waals surface area (Å²) < 4.78 is 4.75. The van der Waals surface area contributed by atoms with Crippen molar-refractivity contribution in [1.82, 2.24) is 10.2 Å². The lowest BCUT2D eigenvalue weighted by Crippen LogP contribution is -2.40. The Labute approximate surface area is 109 Å². The number of methoxy groups -OCH3 is 1. The summed E-state index contributed by atoms with van der Waals surface area (Å²) in [5.41, 5.74) is 0. The molecule has 0 spiro atoms. The second kappa shape index (κ2) is 7.19. The van der Waals surface area contributed by atoms with Gasteiger partial charge < -0.3 is 10.1 Å². The molecule has 2 rings (SSSR count). The molecule has 1 aliphatic heterocycles. The lowest BCUT2D eigenvalue weighted by molar-refractivity contribution is -0.142. The quantitative estimate of drug-likeness (QED) is 0.752. The Balaban J connectivity index is 0.00000144. The first-order valence-electron chi connectivity index (χ1n) is 6.31. The van der Waals surface area contributed by atoms with Crippen molar-refractivity contribution < 1.29 is 9.53 Å². The van der Waals surface area contributed by atoms with Gasteiger partial charge in [0.25, 0.3) is 0 Å². The van der Waals surface area contributed by atoms with E-state index in [-0.39, 0.29) is 18.4 Å². The number of esters is 1. The van der Waals surface area contributed by atoms with Crippen LogP contribution in [0.3, 0.4) is 0 Å². The Hall–Kier alpha value is -0.320. The van der Waals surface area contributed by atoms with E-state index in [1.165, 1.54) is 32.8 Å². The molecule has 0 radical (unpaired) electrons. The zero-order chi connectivity index (χ0) is 11.4. The standard InChI is InChI=1S/C12H22N2O2.ClH/c1-16-12(15)9-14(11-2-3-11)8-10-4-6-13-7-5-10;/h10-11,13H,2-9H2,1H3;1H. The average Bonchev–Trinajstić information content (AvgIpc) is 3.13. The van der Waals surface area contributed by atoms with Crippen molar-refractivity contribution >= 4 is 18.4 Å². The van der Waals surface area contributed by atoms with E-state index >= 15 is 0 Å². The van der Waals surface area contributed by atoms with Crippen LogP contribution < -0.4 is 5.32 Å². The third kappa shape index (κ3) is 4.82. The van der Waals surface area contributed by atoms with Crippen LogP contribution in [-0.4, -0.2) is 50.2 Å². The number of hydrogen-bond donors (Lipinski definition) is 1. The molecular weight excluding hydrogens is 240 g/mol. The Bertz CT molecular complexity index is 241. The zero-order valence-corrected chi connectivity index (χ0v) is 11.3. The van der Waals surface area contributed by atoms with Gasteiger partial charge in [0.1, 0.15) is 0 Å². The van der Waals surface area contributed by atoms with Crippen LogP contribution in [0, 0.1) is 5.92 Å². The maximum atomic E-state index is 11.3. The molecule has 0 atom stereocenters. The van der Waals surface area contributed by atoms with Gasteiger partial charge in [-0.1, -0.05) is 0 Å². The SMILES string of the molecule is COC(=O)CN(CC1CCNCC1)C1CC1.Cl. The lowest BCUT2D eigenvalue weighted by Gasteiger charge is -2.29. The summed E-state index contributed by atoms with van der Waals surface area (Å²) in [4.78, 5) is 13.6. The van der Waals surface area contributed by atoms with Crippen molar-refractivity contribution in [3.8, 4) is 0 Å². The fraction of sp³-hybridized carbons (Fsp3) is 0.917. The molecule has 0 aromatic rings. The Kier molecular flexibility index (Phi) is 6.23. The zero-order valence-electron chi connectivity index (χ0n) is 10.5. The number of rotatable bonds is 5. The molecule has 0 aromatic heterocycles. The molecule has 1 aliphatic carbocycles. The van der Waals surface area contributed by atoms with Gasteiger partial charge in [-0.3, -0.25) is 9.69 Å². The van der Waals surface area contributed by atoms with Gasteiger partial charge in [-0.15, -0.1) is 12.4 Å². The molecule has 0 amide bonds. The summed E-state index contributed by atoms with van der Waals surface area (Å²) in [5, 5.41) is 3.37. The third-order valence-corrected chi connectivity index (χ3v) is 3.57. The fourth-order valence-electron chi connectivity index (χ4n) is 2.41. The number of hydrogen-bond acceptors (Lipinski definition) is 4. The van der Waals surface area contributed by atoms with Crippen LogP contribution in [0.25, 0.3) is 0 Å². The Morgan fingerprint density at radius 2 is 1.94 bits per heavy atom. The molecule has 1 saturated heterocycles. The molecule has 2 aliphatic rings. The minimum absolute atomic E-state index is 0. The normalized spacial score (nSPS) is 21.1. The average molecular weight is 263 g/mol. The van der Waals surface area contributed by atoms with Crippen LogP contribution in [0.15, 0.2) is 0 Å². The maximum absolute atomic E-state index is 11.3. The van der Waals surface area contributed by atoms with Gasteiger partial charge in [-0.2, -0.15) is 0 Å². The van der Waals surface area contributed by atoms with Crippen LogP contribution >= 0.6 is 12.4 Å². The number of nitrogens with one attached hydrogen (secondary N) is 1. The van der Waals surface area contributed by atoms with Crippen molar-refractivity contribution in [2.24, 2.45) is 5.92 Å². The molecule has 17 heavy (non-hydrogen) atoms. The van der Waals surface area contributed by atoms with Crippen molar-refractivity contribution in [1.29, 1.82) is 0 Å². The van der Waals surface area contributed by atoms with Crippen molar-refractivity contribution in [3.63, 3.8) is 0 Å². The summed E-state index contributed by atoms with van der Waals surface area (Å²) in [6, 6.07) is 0.647. The van der Waals surface area contributed by atoms with Gasteiger partial charge in [0.15, 0.2) is 0 Å². The number of carbonyl (C=O) groups excluding carboxylic acids is 1. The van der Waals surface area contributed by atoms with Gasteiger partial charge in [-0.05, 0) is 44.7 Å². The number of carbonyl (C=O) groups is 1. The summed E-state index contributed by atoms with van der Waals surface area (Å²) in [6.07, 6.45) is 4.98. The van der Waals surface area contributed by atoms with Crippen molar-refractivity contribution in [3.05, 3.63) is 0 Å². The number of halogens is 1. The highest BCUT2D eigenvalue weighted by Crippen LogP contribution is 2.28. The van der Waals surface area contributed by atoms with Gasteiger partial charge in [0.05, 0.1) is 13.7 Å². The number of nitrogens with zero attached hydrogens (tertiary/aromatic N) is 1. The molecule has 2 fully saturated rings. The van der Waals surface area contributed by atoms with Gasteiger partial charge in [0.2, 0.25) is 0 Å². The molecule has 4 nitrogen and oxygen atoms in total. The second-order valence-corrected chi connectivity index (χ2v) is 4.93. The molecule has 5 heteroatoms. The Morgan fingerprint density at radius 1 is 1.29 bits per heavy atom. The second-order valence-electron chi connectivity index (χ2n) is 4.93. The van der Waals surface area contributed by atoms with E-state index in [1.54, 1.807) is 0 Å². The maximum Gasteiger partial charge on any atom is 0.319 e. The number of piperidine rings is 1. The number of ether oxygens (including phenoxy) is 1. The summed E-state index contributed by atoms with van der Waals surface area (Å²) in [7, 11) is 1.47. The molecule has 1 N–H and O–H groups in total. The van der Waals surface area contributed by atoms with Crippen LogP contribution in [0.4, 0.5) is 0 Å². The largest absolute Gasteiger partial charge is 0.468 e.